The molecule has 11 nitrogen and oxygen atoms in total. The average molecular weight is 454 g/mol. The second kappa shape index (κ2) is 8.83. The SMILES string of the molecule is CNc1cc(Nc2cccn(C3CCOCC3)c2=O)nc2c(C(=O)N[C@@H]3CC[C@@H]3O)cnn12. The van der Waals surface area contributed by atoms with Crippen molar-refractivity contribution in [3.05, 3.63) is 46.5 Å². The number of nitrogens with one attached hydrogen (secondary N) is 3. The molecule has 1 aliphatic carbocycles. The van der Waals surface area contributed by atoms with Crippen LogP contribution < -0.4 is 21.5 Å². The van der Waals surface area contributed by atoms with E-state index in [1.165, 1.54) is 10.7 Å². The summed E-state index contributed by atoms with van der Waals surface area (Å²) in [4.78, 5) is 30.5. The maximum absolute atomic E-state index is 13.1. The molecule has 0 radical (unpaired) electrons. The van der Waals surface area contributed by atoms with Gasteiger partial charge in [-0.2, -0.15) is 9.61 Å². The minimum atomic E-state index is -0.523. The van der Waals surface area contributed by atoms with Crippen molar-refractivity contribution in [2.45, 2.75) is 43.9 Å². The lowest BCUT2D eigenvalue weighted by Gasteiger charge is -2.32. The van der Waals surface area contributed by atoms with Crippen molar-refractivity contribution in [2.24, 2.45) is 0 Å². The summed E-state index contributed by atoms with van der Waals surface area (Å²) in [5.41, 5.74) is 0.895. The second-order valence-corrected chi connectivity index (χ2v) is 8.40. The first-order valence-corrected chi connectivity index (χ1v) is 11.2. The Morgan fingerprint density at radius 1 is 1.24 bits per heavy atom. The van der Waals surface area contributed by atoms with E-state index in [9.17, 15) is 14.7 Å². The van der Waals surface area contributed by atoms with Gasteiger partial charge < -0.3 is 30.4 Å². The van der Waals surface area contributed by atoms with Crippen LogP contribution >= 0.6 is 0 Å². The first kappa shape index (κ1) is 21.4. The molecular weight excluding hydrogens is 426 g/mol. The highest BCUT2D eigenvalue weighted by atomic mass is 16.5. The number of hydrogen-bond acceptors (Lipinski definition) is 8. The molecule has 4 heterocycles. The summed E-state index contributed by atoms with van der Waals surface area (Å²) in [5, 5.41) is 23.1. The van der Waals surface area contributed by atoms with E-state index in [1.54, 1.807) is 29.9 Å². The number of aliphatic hydroxyl groups is 1. The molecule has 3 aromatic heterocycles. The van der Waals surface area contributed by atoms with Crippen molar-refractivity contribution in [3.63, 3.8) is 0 Å². The lowest BCUT2D eigenvalue weighted by molar-refractivity contribution is 0.0448. The molecule has 2 fully saturated rings. The first-order valence-electron chi connectivity index (χ1n) is 11.2. The molecule has 1 amide bonds. The third-order valence-electron chi connectivity index (χ3n) is 6.35. The Hall–Kier alpha value is -3.44. The van der Waals surface area contributed by atoms with Gasteiger partial charge >= 0.3 is 0 Å². The molecule has 3 aromatic rings. The van der Waals surface area contributed by atoms with Crippen LogP contribution in [-0.2, 0) is 4.74 Å². The largest absolute Gasteiger partial charge is 0.391 e. The van der Waals surface area contributed by atoms with Crippen LogP contribution in [0, 0.1) is 0 Å². The number of carbonyl (C=O) groups excluding carboxylic acids is 1. The van der Waals surface area contributed by atoms with Gasteiger partial charge in [-0.25, -0.2) is 4.98 Å². The molecule has 0 spiro atoms. The molecule has 11 heteroatoms. The molecule has 1 saturated carbocycles. The molecule has 5 rings (SSSR count). The fraction of sp³-hybridized carbons (Fsp3) is 0.455. The van der Waals surface area contributed by atoms with Crippen molar-refractivity contribution >= 4 is 28.9 Å². The molecule has 0 aromatic carbocycles. The van der Waals surface area contributed by atoms with Gasteiger partial charge in [0.25, 0.3) is 11.5 Å². The molecular formula is C22H27N7O4. The van der Waals surface area contributed by atoms with Crippen LogP contribution in [0.1, 0.15) is 42.1 Å². The molecule has 0 bridgehead atoms. The Morgan fingerprint density at radius 3 is 2.76 bits per heavy atom. The van der Waals surface area contributed by atoms with Crippen molar-refractivity contribution in [1.29, 1.82) is 0 Å². The molecule has 4 N–H and O–H groups in total. The van der Waals surface area contributed by atoms with Gasteiger partial charge in [0.05, 0.1) is 18.3 Å². The Labute approximate surface area is 189 Å². The number of aliphatic hydroxyl groups excluding tert-OH is 1. The van der Waals surface area contributed by atoms with Crippen LogP contribution in [0.2, 0.25) is 0 Å². The summed E-state index contributed by atoms with van der Waals surface area (Å²) in [6.07, 6.45) is 5.73. The van der Waals surface area contributed by atoms with Gasteiger partial charge in [-0.3, -0.25) is 9.59 Å². The standard InChI is InChI=1S/C22H27N7O4/c1-23-19-11-18(25-16-3-2-8-28(22(16)32)13-6-9-33-10-7-13)27-20-14(12-24-29(19)20)21(31)26-15-4-5-17(15)30/h2-3,8,11-13,15,17,23,30H,4-7,9-10H2,1H3,(H,25,27)(H,26,31)/t15-,17+/m1/s1. The van der Waals surface area contributed by atoms with Gasteiger partial charge in [-0.05, 0) is 37.8 Å². The minimum absolute atomic E-state index is 0.100. The number of amides is 1. The molecule has 2 aliphatic rings. The molecule has 2 atom stereocenters. The zero-order chi connectivity index (χ0) is 22.9. The number of carbonyl (C=O) groups is 1. The molecule has 1 aliphatic heterocycles. The van der Waals surface area contributed by atoms with Crippen LogP contribution in [0.3, 0.4) is 0 Å². The Morgan fingerprint density at radius 2 is 2.06 bits per heavy atom. The van der Waals surface area contributed by atoms with E-state index in [0.29, 0.717) is 48.2 Å². The normalized spacial score (nSPS) is 20.9. The van der Waals surface area contributed by atoms with E-state index < -0.39 is 6.10 Å². The van der Waals surface area contributed by atoms with Crippen molar-refractivity contribution in [3.8, 4) is 0 Å². The molecule has 1 saturated heterocycles. The minimum Gasteiger partial charge on any atom is -0.391 e. The smallest absolute Gasteiger partial charge is 0.274 e. The lowest BCUT2D eigenvalue weighted by Crippen LogP contribution is -2.50. The molecule has 0 unspecified atom stereocenters. The predicted molar refractivity (Wildman–Crippen MR) is 122 cm³/mol. The van der Waals surface area contributed by atoms with E-state index in [4.69, 9.17) is 4.74 Å². The van der Waals surface area contributed by atoms with Gasteiger partial charge in [-0.1, -0.05) is 0 Å². The Kier molecular flexibility index (Phi) is 5.73. The maximum Gasteiger partial charge on any atom is 0.274 e. The van der Waals surface area contributed by atoms with Gasteiger partial charge in [0, 0.05) is 38.6 Å². The zero-order valence-corrected chi connectivity index (χ0v) is 18.3. The summed E-state index contributed by atoms with van der Waals surface area (Å²) in [6, 6.07) is 5.11. The predicted octanol–water partition coefficient (Wildman–Crippen LogP) is 1.28. The number of rotatable bonds is 6. The maximum atomic E-state index is 13.1. The van der Waals surface area contributed by atoms with E-state index >= 15 is 0 Å². The number of aromatic nitrogens is 4. The van der Waals surface area contributed by atoms with Crippen LogP contribution in [0.4, 0.5) is 17.3 Å². The van der Waals surface area contributed by atoms with Crippen molar-refractivity contribution in [2.75, 3.05) is 30.9 Å². The van der Waals surface area contributed by atoms with Gasteiger partial charge in [-0.15, -0.1) is 0 Å². The fourth-order valence-electron chi connectivity index (χ4n) is 4.26. The highest BCUT2D eigenvalue weighted by molar-refractivity contribution is 6.00. The number of nitrogens with zero attached hydrogens (tertiary/aromatic N) is 4. The van der Waals surface area contributed by atoms with Crippen LogP contribution in [0.15, 0.2) is 35.4 Å². The lowest BCUT2D eigenvalue weighted by atomic mass is 9.89. The highest BCUT2D eigenvalue weighted by Gasteiger charge is 2.31. The second-order valence-electron chi connectivity index (χ2n) is 8.40. The zero-order valence-electron chi connectivity index (χ0n) is 18.3. The van der Waals surface area contributed by atoms with Crippen molar-refractivity contribution in [1.82, 2.24) is 24.5 Å². The van der Waals surface area contributed by atoms with Gasteiger partial charge in [0.1, 0.15) is 22.9 Å². The third-order valence-corrected chi connectivity index (χ3v) is 6.35. The number of ether oxygens (including phenoxy) is 1. The first-order chi connectivity index (χ1) is 16.0. The third kappa shape index (κ3) is 4.05. The van der Waals surface area contributed by atoms with Gasteiger partial charge in [0.15, 0.2) is 5.65 Å². The van der Waals surface area contributed by atoms with E-state index in [0.717, 1.165) is 19.3 Å². The fourth-order valence-corrected chi connectivity index (χ4v) is 4.26. The average Bonchev–Trinajstić information content (AvgIpc) is 3.27. The number of anilines is 3. The number of fused-ring (bicyclic) bond motifs is 1. The van der Waals surface area contributed by atoms with Crippen LogP contribution in [0.5, 0.6) is 0 Å². The van der Waals surface area contributed by atoms with Crippen LogP contribution in [-0.4, -0.2) is 62.6 Å². The monoisotopic (exact) mass is 453 g/mol. The summed E-state index contributed by atoms with van der Waals surface area (Å²) in [6.45, 7) is 1.28. The van der Waals surface area contributed by atoms with E-state index in [1.807, 2.05) is 6.07 Å². The summed E-state index contributed by atoms with van der Waals surface area (Å²) in [7, 11) is 1.74. The van der Waals surface area contributed by atoms with Crippen LogP contribution in [0.25, 0.3) is 5.65 Å². The number of pyridine rings is 1. The van der Waals surface area contributed by atoms with Crippen molar-refractivity contribution < 1.29 is 14.6 Å². The Bertz CT molecular complexity index is 1230. The highest BCUT2D eigenvalue weighted by Crippen LogP contribution is 2.24. The van der Waals surface area contributed by atoms with Gasteiger partial charge in [0.2, 0.25) is 0 Å². The quantitative estimate of drug-likeness (QED) is 0.438. The van der Waals surface area contributed by atoms with E-state index in [2.05, 4.69) is 26.0 Å². The summed E-state index contributed by atoms with van der Waals surface area (Å²) >= 11 is 0. The summed E-state index contributed by atoms with van der Waals surface area (Å²) < 4.78 is 8.68. The Balaban J connectivity index is 1.46. The molecule has 174 valence electrons. The summed E-state index contributed by atoms with van der Waals surface area (Å²) in [5.74, 6) is 0.667. The topological polar surface area (TPSA) is 135 Å². The van der Waals surface area contributed by atoms with E-state index in [-0.39, 0.29) is 23.6 Å². The molecule has 33 heavy (non-hydrogen) atoms. The number of hydrogen-bond donors (Lipinski definition) is 4.